The lowest BCUT2D eigenvalue weighted by Gasteiger charge is -2.30. The summed E-state index contributed by atoms with van der Waals surface area (Å²) in [6, 6.07) is 18.8. The Bertz CT molecular complexity index is 1390. The molecule has 0 saturated heterocycles. The lowest BCUT2D eigenvalue weighted by molar-refractivity contribution is -0.121. The van der Waals surface area contributed by atoms with Crippen molar-refractivity contribution in [3.05, 3.63) is 82.9 Å². The quantitative estimate of drug-likeness (QED) is 0.295. The number of unbranched alkanes of at least 4 members (excludes halogenated alkanes) is 1. The Morgan fingerprint density at radius 2 is 1.62 bits per heavy atom. The van der Waals surface area contributed by atoms with Crippen molar-refractivity contribution in [2.24, 2.45) is 0 Å². The Morgan fingerprint density at radius 1 is 0.897 bits per heavy atom. The fourth-order valence-corrected chi connectivity index (χ4v) is 4.62. The van der Waals surface area contributed by atoms with Crippen LogP contribution in [-0.4, -0.2) is 54.8 Å². The third-order valence-corrected chi connectivity index (χ3v) is 6.74. The standard InChI is InChI=1S/C29H26ClN3O6/c30-19-7-10-21(11-8-19)38-16-4-3-14-32-24-17-20(9-12-25(24)39-18-27(32)35)31-26(34)13-15-33-28(36)22-5-1-2-6-23(22)29(33)37/h1-2,5-12,17H,3-4,13-16,18H2,(H,31,34). The van der Waals surface area contributed by atoms with Crippen molar-refractivity contribution in [3.8, 4) is 11.5 Å². The first-order valence-corrected chi connectivity index (χ1v) is 13.0. The molecule has 9 nitrogen and oxygen atoms in total. The van der Waals surface area contributed by atoms with Crippen molar-refractivity contribution in [2.75, 3.05) is 36.5 Å². The molecule has 3 aromatic rings. The molecule has 0 fully saturated rings. The summed E-state index contributed by atoms with van der Waals surface area (Å²) in [5, 5.41) is 3.43. The van der Waals surface area contributed by atoms with Crippen molar-refractivity contribution in [1.29, 1.82) is 0 Å². The normalized spacial score (nSPS) is 14.1. The Hall–Kier alpha value is -4.37. The highest BCUT2D eigenvalue weighted by Crippen LogP contribution is 2.35. The SMILES string of the molecule is O=C(CCN1C(=O)c2ccccc2C1=O)Nc1ccc2c(c1)N(CCCCOc1ccc(Cl)cc1)C(=O)CO2. The first-order valence-electron chi connectivity index (χ1n) is 12.6. The van der Waals surface area contributed by atoms with E-state index in [1.54, 1.807) is 71.6 Å². The van der Waals surface area contributed by atoms with Crippen LogP contribution in [0.15, 0.2) is 66.7 Å². The highest BCUT2D eigenvalue weighted by atomic mass is 35.5. The maximum atomic E-state index is 12.7. The smallest absolute Gasteiger partial charge is 0.265 e. The van der Waals surface area contributed by atoms with Crippen LogP contribution in [0.5, 0.6) is 11.5 Å². The molecule has 10 heteroatoms. The van der Waals surface area contributed by atoms with Gasteiger partial charge < -0.3 is 19.7 Å². The topological polar surface area (TPSA) is 105 Å². The van der Waals surface area contributed by atoms with Crippen LogP contribution in [0, 0.1) is 0 Å². The minimum atomic E-state index is -0.401. The number of ether oxygens (including phenoxy) is 2. The van der Waals surface area contributed by atoms with Gasteiger partial charge in [-0.2, -0.15) is 0 Å². The number of amides is 4. The van der Waals surface area contributed by atoms with Gasteiger partial charge in [0.1, 0.15) is 11.5 Å². The molecule has 0 atom stereocenters. The third kappa shape index (κ3) is 5.88. The van der Waals surface area contributed by atoms with Gasteiger partial charge in [-0.25, -0.2) is 0 Å². The number of nitrogens with zero attached hydrogens (tertiary/aromatic N) is 2. The van der Waals surface area contributed by atoms with Gasteiger partial charge in [0.25, 0.3) is 17.7 Å². The number of carbonyl (C=O) groups excluding carboxylic acids is 4. The Kier molecular flexibility index (Phi) is 7.79. The Labute approximate surface area is 230 Å². The van der Waals surface area contributed by atoms with E-state index in [2.05, 4.69) is 5.32 Å². The maximum absolute atomic E-state index is 12.7. The van der Waals surface area contributed by atoms with Crippen LogP contribution < -0.4 is 19.7 Å². The molecule has 200 valence electrons. The summed E-state index contributed by atoms with van der Waals surface area (Å²) in [6.45, 7) is 0.877. The van der Waals surface area contributed by atoms with Crippen LogP contribution in [0.3, 0.4) is 0 Å². The number of benzene rings is 3. The van der Waals surface area contributed by atoms with Gasteiger partial charge in [-0.1, -0.05) is 23.7 Å². The molecule has 0 bridgehead atoms. The van der Waals surface area contributed by atoms with Crippen molar-refractivity contribution in [2.45, 2.75) is 19.3 Å². The van der Waals surface area contributed by atoms with Crippen LogP contribution >= 0.6 is 11.6 Å². The first-order chi connectivity index (χ1) is 18.9. The molecule has 0 unspecified atom stereocenters. The molecule has 2 heterocycles. The molecule has 5 rings (SSSR count). The predicted molar refractivity (Wildman–Crippen MR) is 146 cm³/mol. The zero-order valence-electron chi connectivity index (χ0n) is 21.0. The summed E-state index contributed by atoms with van der Waals surface area (Å²) in [6.07, 6.45) is 1.38. The van der Waals surface area contributed by atoms with E-state index in [1.807, 2.05) is 0 Å². The van der Waals surface area contributed by atoms with Gasteiger partial charge in [-0.3, -0.25) is 24.1 Å². The second-order valence-corrected chi connectivity index (χ2v) is 9.57. The summed E-state index contributed by atoms with van der Waals surface area (Å²) in [7, 11) is 0. The molecule has 3 aromatic carbocycles. The summed E-state index contributed by atoms with van der Waals surface area (Å²) in [4.78, 5) is 53.1. The lowest BCUT2D eigenvalue weighted by atomic mass is 10.1. The van der Waals surface area contributed by atoms with E-state index in [0.717, 1.165) is 17.1 Å². The zero-order valence-corrected chi connectivity index (χ0v) is 21.8. The highest BCUT2D eigenvalue weighted by molar-refractivity contribution is 6.30. The Balaban J connectivity index is 1.15. The van der Waals surface area contributed by atoms with E-state index in [-0.39, 0.29) is 31.4 Å². The van der Waals surface area contributed by atoms with Gasteiger partial charge in [-0.15, -0.1) is 0 Å². The number of hydrogen-bond donors (Lipinski definition) is 1. The van der Waals surface area contributed by atoms with E-state index in [1.165, 1.54) is 0 Å². The second-order valence-electron chi connectivity index (χ2n) is 9.13. The van der Waals surface area contributed by atoms with Crippen molar-refractivity contribution >= 4 is 46.6 Å². The molecular formula is C29H26ClN3O6. The molecule has 0 saturated carbocycles. The summed E-state index contributed by atoms with van der Waals surface area (Å²) < 4.78 is 11.3. The highest BCUT2D eigenvalue weighted by Gasteiger charge is 2.35. The van der Waals surface area contributed by atoms with Crippen molar-refractivity contribution in [3.63, 3.8) is 0 Å². The molecule has 4 amide bonds. The van der Waals surface area contributed by atoms with E-state index in [0.29, 0.717) is 52.8 Å². The first kappa shape index (κ1) is 26.2. The average molecular weight is 548 g/mol. The molecular weight excluding hydrogens is 522 g/mol. The second kappa shape index (κ2) is 11.6. The van der Waals surface area contributed by atoms with Crippen LogP contribution in [-0.2, 0) is 9.59 Å². The minimum Gasteiger partial charge on any atom is -0.494 e. The summed E-state index contributed by atoms with van der Waals surface area (Å²) in [5.41, 5.74) is 1.75. The molecule has 2 aliphatic rings. The number of carbonyl (C=O) groups is 4. The number of imide groups is 1. The van der Waals surface area contributed by atoms with E-state index >= 15 is 0 Å². The van der Waals surface area contributed by atoms with Crippen LogP contribution in [0.1, 0.15) is 40.0 Å². The van der Waals surface area contributed by atoms with E-state index in [4.69, 9.17) is 21.1 Å². The molecule has 0 aromatic heterocycles. The van der Waals surface area contributed by atoms with E-state index < -0.39 is 11.8 Å². The third-order valence-electron chi connectivity index (χ3n) is 6.48. The lowest BCUT2D eigenvalue weighted by Crippen LogP contribution is -2.39. The molecule has 0 spiro atoms. The van der Waals surface area contributed by atoms with Crippen LogP contribution in [0.25, 0.3) is 0 Å². The van der Waals surface area contributed by atoms with Gasteiger partial charge in [-0.05, 0) is 67.4 Å². The summed E-state index contributed by atoms with van der Waals surface area (Å²) in [5.74, 6) is -0.0496. The van der Waals surface area contributed by atoms with E-state index in [9.17, 15) is 19.2 Å². The number of fused-ring (bicyclic) bond motifs is 2. The fourth-order valence-electron chi connectivity index (χ4n) is 4.50. The average Bonchev–Trinajstić information content (AvgIpc) is 3.18. The molecule has 2 aliphatic heterocycles. The maximum Gasteiger partial charge on any atom is 0.265 e. The van der Waals surface area contributed by atoms with Crippen molar-refractivity contribution in [1.82, 2.24) is 4.90 Å². The zero-order chi connectivity index (χ0) is 27.4. The monoisotopic (exact) mass is 547 g/mol. The number of nitrogens with one attached hydrogen (secondary N) is 1. The molecule has 0 aliphatic carbocycles. The number of rotatable bonds is 10. The van der Waals surface area contributed by atoms with Crippen LogP contribution in [0.2, 0.25) is 5.02 Å². The van der Waals surface area contributed by atoms with Gasteiger partial charge in [0, 0.05) is 30.2 Å². The largest absolute Gasteiger partial charge is 0.494 e. The van der Waals surface area contributed by atoms with Crippen molar-refractivity contribution < 1.29 is 28.7 Å². The molecule has 0 radical (unpaired) electrons. The summed E-state index contributed by atoms with van der Waals surface area (Å²) >= 11 is 5.89. The number of hydrogen-bond acceptors (Lipinski definition) is 6. The fraction of sp³-hybridized carbons (Fsp3) is 0.241. The number of halogens is 1. The molecule has 39 heavy (non-hydrogen) atoms. The molecule has 1 N–H and O–H groups in total. The van der Waals surface area contributed by atoms with Gasteiger partial charge >= 0.3 is 0 Å². The van der Waals surface area contributed by atoms with Gasteiger partial charge in [0.2, 0.25) is 5.91 Å². The predicted octanol–water partition coefficient (Wildman–Crippen LogP) is 4.55. The number of anilines is 2. The van der Waals surface area contributed by atoms with Crippen LogP contribution in [0.4, 0.5) is 11.4 Å². The van der Waals surface area contributed by atoms with Gasteiger partial charge in [0.05, 0.1) is 23.4 Å². The minimum absolute atomic E-state index is 0.0328. The van der Waals surface area contributed by atoms with Gasteiger partial charge in [0.15, 0.2) is 6.61 Å². The Morgan fingerprint density at radius 3 is 2.33 bits per heavy atom.